The summed E-state index contributed by atoms with van der Waals surface area (Å²) in [6.07, 6.45) is -0.958. The lowest BCUT2D eigenvalue weighted by molar-refractivity contribution is -0.137. The average molecular weight is 345 g/mol. The summed E-state index contributed by atoms with van der Waals surface area (Å²) in [5.74, 6) is -0.598. The molecular weight excluding hydrogens is 327 g/mol. The number of carbonyl (C=O) groups excluding carboxylic acids is 1. The van der Waals surface area contributed by atoms with E-state index in [9.17, 15) is 18.0 Å². The minimum atomic E-state index is -4.56. The van der Waals surface area contributed by atoms with E-state index in [0.717, 1.165) is 31.0 Å². The average Bonchev–Trinajstić information content (AvgIpc) is 2.97. The fourth-order valence-corrected chi connectivity index (χ4v) is 3.01. The molecule has 2 aromatic carbocycles. The quantitative estimate of drug-likeness (QED) is 0.544. The van der Waals surface area contributed by atoms with Crippen LogP contribution in [0.2, 0.25) is 0 Å². The predicted octanol–water partition coefficient (Wildman–Crippen LogP) is 5.69. The molecule has 5 heteroatoms. The van der Waals surface area contributed by atoms with Crippen LogP contribution in [0.3, 0.4) is 0 Å². The van der Waals surface area contributed by atoms with Gasteiger partial charge in [0.05, 0.1) is 5.56 Å². The number of para-hydroxylation sites is 1. The molecule has 0 amide bonds. The van der Waals surface area contributed by atoms with E-state index < -0.39 is 17.5 Å². The Balaban J connectivity index is 2.13. The highest BCUT2D eigenvalue weighted by Crippen LogP contribution is 2.34. The topological polar surface area (TPSA) is 22.0 Å². The van der Waals surface area contributed by atoms with Gasteiger partial charge in [-0.25, -0.2) is 0 Å². The predicted molar refractivity (Wildman–Crippen MR) is 91.7 cm³/mol. The van der Waals surface area contributed by atoms with Crippen molar-refractivity contribution in [1.29, 1.82) is 0 Å². The Labute approximate surface area is 143 Å². The van der Waals surface area contributed by atoms with Crippen LogP contribution in [-0.2, 0) is 12.7 Å². The largest absolute Gasteiger partial charge is 0.417 e. The van der Waals surface area contributed by atoms with E-state index >= 15 is 0 Å². The zero-order valence-corrected chi connectivity index (χ0v) is 13.8. The van der Waals surface area contributed by atoms with Crippen LogP contribution in [0.15, 0.2) is 54.7 Å². The third-order valence-corrected chi connectivity index (χ3v) is 4.26. The second-order valence-corrected chi connectivity index (χ2v) is 5.98. The summed E-state index contributed by atoms with van der Waals surface area (Å²) in [4.78, 5) is 12.9. The van der Waals surface area contributed by atoms with Crippen LogP contribution in [-0.4, -0.2) is 10.4 Å². The number of alkyl halides is 3. The van der Waals surface area contributed by atoms with Gasteiger partial charge < -0.3 is 4.57 Å². The summed E-state index contributed by atoms with van der Waals surface area (Å²) >= 11 is 0. The van der Waals surface area contributed by atoms with Gasteiger partial charge in [-0.15, -0.1) is 0 Å². The highest BCUT2D eigenvalue weighted by atomic mass is 19.4. The molecule has 1 heterocycles. The van der Waals surface area contributed by atoms with Gasteiger partial charge in [0.2, 0.25) is 0 Å². The molecule has 130 valence electrons. The summed E-state index contributed by atoms with van der Waals surface area (Å²) in [7, 11) is 0. The fraction of sp³-hybridized carbons (Fsp3) is 0.250. The highest BCUT2D eigenvalue weighted by molar-refractivity contribution is 6.17. The number of hydrogen-bond acceptors (Lipinski definition) is 1. The lowest BCUT2D eigenvalue weighted by Crippen LogP contribution is -2.13. The Morgan fingerprint density at radius 3 is 2.40 bits per heavy atom. The fourth-order valence-electron chi connectivity index (χ4n) is 3.01. The van der Waals surface area contributed by atoms with Gasteiger partial charge in [0, 0.05) is 34.8 Å². The summed E-state index contributed by atoms with van der Waals surface area (Å²) < 4.78 is 41.7. The molecule has 0 unspecified atom stereocenters. The Kier molecular flexibility index (Phi) is 4.66. The van der Waals surface area contributed by atoms with Gasteiger partial charge in [-0.2, -0.15) is 13.2 Å². The number of rotatable bonds is 5. The van der Waals surface area contributed by atoms with Crippen LogP contribution in [0.25, 0.3) is 10.9 Å². The maximum absolute atomic E-state index is 13.3. The molecule has 0 aliphatic rings. The van der Waals surface area contributed by atoms with Crippen molar-refractivity contribution in [2.45, 2.75) is 32.5 Å². The molecule has 0 spiro atoms. The third kappa shape index (κ3) is 3.31. The van der Waals surface area contributed by atoms with E-state index in [1.54, 1.807) is 18.3 Å². The molecule has 25 heavy (non-hydrogen) atoms. The number of halogens is 3. The van der Waals surface area contributed by atoms with Crippen molar-refractivity contribution in [3.63, 3.8) is 0 Å². The molecule has 2 nitrogen and oxygen atoms in total. The van der Waals surface area contributed by atoms with Gasteiger partial charge in [-0.3, -0.25) is 4.79 Å². The second kappa shape index (κ2) is 6.75. The summed E-state index contributed by atoms with van der Waals surface area (Å²) in [6.45, 7) is 2.79. The standard InChI is InChI=1S/C20H18F3NO/c1-2-3-12-24-13-16(14-8-5-7-11-18(14)24)19(25)15-9-4-6-10-17(15)20(21,22)23/h4-11,13H,2-3,12H2,1H3. The van der Waals surface area contributed by atoms with Gasteiger partial charge in [-0.05, 0) is 18.6 Å². The SMILES string of the molecule is CCCCn1cc(C(=O)c2ccccc2C(F)(F)F)c2ccccc21. The van der Waals surface area contributed by atoms with Crippen molar-refractivity contribution < 1.29 is 18.0 Å². The van der Waals surface area contributed by atoms with Gasteiger partial charge in [0.1, 0.15) is 0 Å². The van der Waals surface area contributed by atoms with Crippen molar-refractivity contribution >= 4 is 16.7 Å². The van der Waals surface area contributed by atoms with Gasteiger partial charge in [-0.1, -0.05) is 49.7 Å². The molecular formula is C20H18F3NO. The summed E-state index contributed by atoms with van der Waals surface area (Å²) in [5, 5.41) is 0.681. The third-order valence-electron chi connectivity index (χ3n) is 4.26. The highest BCUT2D eigenvalue weighted by Gasteiger charge is 2.35. The van der Waals surface area contributed by atoms with Gasteiger partial charge in [0.15, 0.2) is 5.78 Å². The molecule has 0 aliphatic carbocycles. The van der Waals surface area contributed by atoms with Crippen LogP contribution in [0, 0.1) is 0 Å². The maximum atomic E-state index is 13.3. The van der Waals surface area contributed by atoms with E-state index in [1.165, 1.54) is 18.2 Å². The van der Waals surface area contributed by atoms with E-state index in [0.29, 0.717) is 10.9 Å². The number of aromatic nitrogens is 1. The van der Waals surface area contributed by atoms with Crippen molar-refractivity contribution in [1.82, 2.24) is 4.57 Å². The number of aryl methyl sites for hydroxylation is 1. The van der Waals surface area contributed by atoms with Crippen molar-refractivity contribution in [2.24, 2.45) is 0 Å². The molecule has 3 rings (SSSR count). The molecule has 0 atom stereocenters. The molecule has 0 aliphatic heterocycles. The Morgan fingerprint density at radius 2 is 1.68 bits per heavy atom. The van der Waals surface area contributed by atoms with Crippen LogP contribution in [0.4, 0.5) is 13.2 Å². The second-order valence-electron chi connectivity index (χ2n) is 5.98. The van der Waals surface area contributed by atoms with E-state index in [4.69, 9.17) is 0 Å². The smallest absolute Gasteiger partial charge is 0.347 e. The number of ketones is 1. The molecule has 0 saturated heterocycles. The summed E-state index contributed by atoms with van der Waals surface area (Å²) in [5.41, 5.74) is -0.0361. The van der Waals surface area contributed by atoms with Crippen LogP contribution in [0.1, 0.15) is 41.3 Å². The first-order chi connectivity index (χ1) is 11.9. The monoisotopic (exact) mass is 345 g/mol. The zero-order chi connectivity index (χ0) is 18.0. The van der Waals surface area contributed by atoms with E-state index in [1.807, 2.05) is 16.7 Å². The number of benzene rings is 2. The Hall–Kier alpha value is -2.56. The van der Waals surface area contributed by atoms with Crippen LogP contribution >= 0.6 is 0 Å². The zero-order valence-electron chi connectivity index (χ0n) is 13.8. The lowest BCUT2D eigenvalue weighted by Gasteiger charge is -2.11. The Morgan fingerprint density at radius 1 is 1.00 bits per heavy atom. The number of carbonyl (C=O) groups is 1. The van der Waals surface area contributed by atoms with Gasteiger partial charge >= 0.3 is 6.18 Å². The molecule has 0 fully saturated rings. The maximum Gasteiger partial charge on any atom is 0.417 e. The molecule has 0 radical (unpaired) electrons. The Bertz CT molecular complexity index is 909. The number of hydrogen-bond donors (Lipinski definition) is 0. The number of nitrogens with zero attached hydrogens (tertiary/aromatic N) is 1. The van der Waals surface area contributed by atoms with Gasteiger partial charge in [0.25, 0.3) is 0 Å². The number of fused-ring (bicyclic) bond motifs is 1. The first kappa shape index (κ1) is 17.3. The normalized spacial score (nSPS) is 11.8. The van der Waals surface area contributed by atoms with Crippen LogP contribution in [0.5, 0.6) is 0 Å². The van der Waals surface area contributed by atoms with Crippen LogP contribution < -0.4 is 0 Å². The molecule has 0 N–H and O–H groups in total. The molecule has 1 aromatic heterocycles. The summed E-state index contributed by atoms with van der Waals surface area (Å²) in [6, 6.07) is 12.3. The van der Waals surface area contributed by atoms with Crippen molar-refractivity contribution in [2.75, 3.05) is 0 Å². The van der Waals surface area contributed by atoms with E-state index in [-0.39, 0.29) is 5.56 Å². The lowest BCUT2D eigenvalue weighted by atomic mass is 9.98. The molecule has 3 aromatic rings. The minimum Gasteiger partial charge on any atom is -0.347 e. The first-order valence-electron chi connectivity index (χ1n) is 8.22. The molecule has 0 saturated carbocycles. The number of unbranched alkanes of at least 4 members (excludes halogenated alkanes) is 1. The van der Waals surface area contributed by atoms with Crippen molar-refractivity contribution in [3.8, 4) is 0 Å². The van der Waals surface area contributed by atoms with Crippen molar-refractivity contribution in [3.05, 3.63) is 71.4 Å². The first-order valence-corrected chi connectivity index (χ1v) is 8.22. The molecule has 0 bridgehead atoms. The minimum absolute atomic E-state index is 0.309. The van der Waals surface area contributed by atoms with E-state index in [2.05, 4.69) is 6.92 Å².